The topological polar surface area (TPSA) is 52.1 Å². The van der Waals surface area contributed by atoms with Crippen LogP contribution in [0.2, 0.25) is 0 Å². The van der Waals surface area contributed by atoms with E-state index in [1.165, 1.54) is 21.5 Å². The van der Waals surface area contributed by atoms with Crippen LogP contribution < -0.4 is 0 Å². The molecule has 0 spiro atoms. The molecular weight excluding hydrogens is 540 g/mol. The summed E-state index contributed by atoms with van der Waals surface area (Å²) in [6.07, 6.45) is 0. The van der Waals surface area contributed by atoms with E-state index in [1.54, 1.807) is 0 Å². The highest BCUT2D eigenvalue weighted by molar-refractivity contribution is 6.33. The number of para-hydroxylation sites is 1. The summed E-state index contributed by atoms with van der Waals surface area (Å²) in [6.45, 7) is 0. The number of hydrogen-bond donors (Lipinski definition) is 0. The van der Waals surface area contributed by atoms with Gasteiger partial charge in [0, 0.05) is 27.3 Å². The zero-order valence-electron chi connectivity index (χ0n) is 23.4. The van der Waals surface area contributed by atoms with Gasteiger partial charge in [-0.25, -0.2) is 9.97 Å². The second-order valence-corrected chi connectivity index (χ2v) is 11.3. The summed E-state index contributed by atoms with van der Waals surface area (Å²) >= 11 is 0. The lowest BCUT2D eigenvalue weighted by atomic mass is 9.93. The molecule has 4 heteroatoms. The molecule has 0 bridgehead atoms. The maximum absolute atomic E-state index is 6.50. The zero-order valence-corrected chi connectivity index (χ0v) is 23.4. The van der Waals surface area contributed by atoms with Gasteiger partial charge in [-0.05, 0) is 69.1 Å². The van der Waals surface area contributed by atoms with Gasteiger partial charge in [-0.1, -0.05) is 97.1 Å². The van der Waals surface area contributed by atoms with Crippen LogP contribution in [0.3, 0.4) is 0 Å². The average molecular weight is 563 g/mol. The van der Waals surface area contributed by atoms with Crippen LogP contribution >= 0.6 is 0 Å². The Kier molecular flexibility index (Phi) is 4.69. The fourth-order valence-corrected chi connectivity index (χ4v) is 6.86. The Hall–Kier alpha value is -6.00. The Morgan fingerprint density at radius 2 is 1.05 bits per heavy atom. The molecule has 10 rings (SSSR count). The molecule has 0 saturated carbocycles. The van der Waals surface area contributed by atoms with E-state index in [4.69, 9.17) is 18.8 Å². The lowest BCUT2D eigenvalue weighted by Crippen LogP contribution is -1.94. The SMILES string of the molecule is c1ccc(-c2cccc(-c3nc(-c4cc5oc6cccc7c8ccccc8c(c4)c5c67)nc4c3oc3ccccc34)c2)cc1. The van der Waals surface area contributed by atoms with E-state index >= 15 is 0 Å². The van der Waals surface area contributed by atoms with Gasteiger partial charge in [0.25, 0.3) is 0 Å². The largest absolute Gasteiger partial charge is 0.456 e. The normalized spacial score (nSPS) is 12.1. The molecule has 0 aliphatic heterocycles. The highest BCUT2D eigenvalue weighted by Gasteiger charge is 2.22. The number of furan rings is 2. The Bertz CT molecular complexity index is 2720. The summed E-state index contributed by atoms with van der Waals surface area (Å²) in [4.78, 5) is 10.4. The molecule has 0 N–H and O–H groups in total. The maximum Gasteiger partial charge on any atom is 0.180 e. The van der Waals surface area contributed by atoms with E-state index in [-0.39, 0.29) is 0 Å². The summed E-state index contributed by atoms with van der Waals surface area (Å²) in [7, 11) is 0. The van der Waals surface area contributed by atoms with Crippen molar-refractivity contribution in [3.8, 4) is 33.8 Å². The zero-order chi connectivity index (χ0) is 28.8. The van der Waals surface area contributed by atoms with Crippen molar-refractivity contribution in [2.24, 2.45) is 0 Å². The molecule has 7 aromatic carbocycles. The molecule has 204 valence electrons. The predicted octanol–water partition coefficient (Wildman–Crippen LogP) is 11.0. The molecule has 4 nitrogen and oxygen atoms in total. The summed E-state index contributed by atoms with van der Waals surface area (Å²) < 4.78 is 12.9. The average Bonchev–Trinajstić information content (AvgIpc) is 3.66. The second kappa shape index (κ2) is 8.76. The molecule has 0 atom stereocenters. The molecule has 10 aromatic rings. The lowest BCUT2D eigenvalue weighted by Gasteiger charge is -2.11. The van der Waals surface area contributed by atoms with Crippen LogP contribution in [0.25, 0.3) is 99.3 Å². The molecule has 0 aliphatic rings. The first-order chi connectivity index (χ1) is 21.8. The van der Waals surface area contributed by atoms with Crippen molar-refractivity contribution in [1.29, 1.82) is 0 Å². The molecule has 44 heavy (non-hydrogen) atoms. The van der Waals surface area contributed by atoms with Crippen LogP contribution in [0.5, 0.6) is 0 Å². The van der Waals surface area contributed by atoms with Gasteiger partial charge >= 0.3 is 0 Å². The van der Waals surface area contributed by atoms with Gasteiger partial charge in [0.05, 0.1) is 0 Å². The number of rotatable bonds is 3. The van der Waals surface area contributed by atoms with Gasteiger partial charge in [0.15, 0.2) is 11.4 Å². The Morgan fingerprint density at radius 3 is 1.93 bits per heavy atom. The van der Waals surface area contributed by atoms with Gasteiger partial charge in [0.1, 0.15) is 28.0 Å². The van der Waals surface area contributed by atoms with Gasteiger partial charge in [0.2, 0.25) is 0 Å². The van der Waals surface area contributed by atoms with Crippen molar-refractivity contribution in [3.05, 3.63) is 133 Å². The van der Waals surface area contributed by atoms with Gasteiger partial charge in [-0.15, -0.1) is 0 Å². The quantitative estimate of drug-likeness (QED) is 0.201. The van der Waals surface area contributed by atoms with Crippen LogP contribution in [-0.4, -0.2) is 9.97 Å². The summed E-state index contributed by atoms with van der Waals surface area (Å²) in [6, 6.07) is 46.1. The molecule has 0 aliphatic carbocycles. The van der Waals surface area contributed by atoms with Crippen molar-refractivity contribution in [2.75, 3.05) is 0 Å². The van der Waals surface area contributed by atoms with Crippen LogP contribution in [0, 0.1) is 0 Å². The lowest BCUT2D eigenvalue weighted by molar-refractivity contribution is 0.667. The summed E-state index contributed by atoms with van der Waals surface area (Å²) in [5, 5.41) is 8.02. The monoisotopic (exact) mass is 562 g/mol. The highest BCUT2D eigenvalue weighted by atomic mass is 16.3. The number of hydrogen-bond acceptors (Lipinski definition) is 4. The fraction of sp³-hybridized carbons (Fsp3) is 0. The smallest absolute Gasteiger partial charge is 0.180 e. The molecule has 0 amide bonds. The highest BCUT2D eigenvalue weighted by Crippen LogP contribution is 2.44. The van der Waals surface area contributed by atoms with E-state index in [2.05, 4.69) is 103 Å². The van der Waals surface area contributed by atoms with E-state index in [0.717, 1.165) is 66.4 Å². The van der Waals surface area contributed by atoms with E-state index in [1.807, 2.05) is 30.3 Å². The first-order valence-corrected chi connectivity index (χ1v) is 14.7. The Labute approximate surface area is 251 Å². The van der Waals surface area contributed by atoms with Crippen LogP contribution in [0.1, 0.15) is 0 Å². The minimum atomic E-state index is 0.631. The molecule has 0 fully saturated rings. The van der Waals surface area contributed by atoms with E-state index in [9.17, 15) is 0 Å². The van der Waals surface area contributed by atoms with Gasteiger partial charge in [-0.3, -0.25) is 0 Å². The molecular formula is C40H22N2O2. The number of nitrogens with zero attached hydrogens (tertiary/aromatic N) is 2. The first kappa shape index (κ1) is 23.6. The predicted molar refractivity (Wildman–Crippen MR) is 179 cm³/mol. The van der Waals surface area contributed by atoms with Crippen molar-refractivity contribution < 1.29 is 8.83 Å². The van der Waals surface area contributed by atoms with Crippen LogP contribution in [0.15, 0.2) is 142 Å². The Balaban J connectivity index is 1.29. The third-order valence-corrected chi connectivity index (χ3v) is 8.83. The minimum Gasteiger partial charge on any atom is -0.456 e. The summed E-state index contributed by atoms with van der Waals surface area (Å²) in [5.74, 6) is 0.631. The van der Waals surface area contributed by atoms with E-state index in [0.29, 0.717) is 11.4 Å². The number of aromatic nitrogens is 2. The standard InChI is InChI=1S/C40H22N2O2/c1-2-10-23(11-3-1)24-12-8-13-25(20-24)37-39-38(30-16-6-7-18-32(30)44-39)42-40(41-37)26-21-31-28-15-5-4-14-27(28)29-17-9-19-33-35(29)36(31)34(22-26)43-33/h1-22H. The van der Waals surface area contributed by atoms with Gasteiger partial charge in [-0.2, -0.15) is 0 Å². The molecule has 0 unspecified atom stereocenters. The van der Waals surface area contributed by atoms with Crippen molar-refractivity contribution >= 4 is 65.6 Å². The number of fused-ring (bicyclic) bond motifs is 6. The van der Waals surface area contributed by atoms with Gasteiger partial charge < -0.3 is 8.83 Å². The third kappa shape index (κ3) is 3.28. The van der Waals surface area contributed by atoms with Crippen LogP contribution in [-0.2, 0) is 0 Å². The molecule has 3 aromatic heterocycles. The maximum atomic E-state index is 6.50. The fourth-order valence-electron chi connectivity index (χ4n) is 6.86. The van der Waals surface area contributed by atoms with Crippen LogP contribution in [0.4, 0.5) is 0 Å². The molecule has 0 radical (unpaired) electrons. The first-order valence-electron chi connectivity index (χ1n) is 14.7. The second-order valence-electron chi connectivity index (χ2n) is 11.3. The number of benzene rings is 7. The Morgan fingerprint density at radius 1 is 0.386 bits per heavy atom. The minimum absolute atomic E-state index is 0.631. The van der Waals surface area contributed by atoms with E-state index < -0.39 is 0 Å². The van der Waals surface area contributed by atoms with Crippen molar-refractivity contribution in [3.63, 3.8) is 0 Å². The third-order valence-electron chi connectivity index (χ3n) is 8.83. The summed E-state index contributed by atoms with van der Waals surface area (Å²) in [5.41, 5.74) is 8.90. The van der Waals surface area contributed by atoms with Crippen molar-refractivity contribution in [2.45, 2.75) is 0 Å². The van der Waals surface area contributed by atoms with Crippen molar-refractivity contribution in [1.82, 2.24) is 9.97 Å². The molecule has 0 saturated heterocycles. The molecule has 3 heterocycles.